The lowest BCUT2D eigenvalue weighted by Crippen LogP contribution is -2.35. The van der Waals surface area contributed by atoms with Gasteiger partial charge in [0.2, 0.25) is 10.0 Å². The minimum Gasteiger partial charge on any atom is -0.452 e. The highest BCUT2D eigenvalue weighted by molar-refractivity contribution is 9.10. The zero-order chi connectivity index (χ0) is 15.0. The molecule has 0 spiro atoms. The second-order valence-electron chi connectivity index (χ2n) is 5.05. The second-order valence-corrected chi connectivity index (χ2v) is 7.45. The molecule has 0 amide bonds. The van der Waals surface area contributed by atoms with Crippen LogP contribution in [0.4, 0.5) is 0 Å². The average Bonchev–Trinajstić information content (AvgIpc) is 3.00. The smallest absolute Gasteiger partial charge is 0.245 e. The number of rotatable bonds is 4. The quantitative estimate of drug-likeness (QED) is 0.860. The Kier molecular flexibility index (Phi) is 3.92. The van der Waals surface area contributed by atoms with Crippen LogP contribution in [0.15, 0.2) is 44.3 Å². The van der Waals surface area contributed by atoms with Crippen LogP contribution in [0.25, 0.3) is 0 Å². The Labute approximate surface area is 131 Å². The Morgan fingerprint density at radius 1 is 1.29 bits per heavy atom. The van der Waals surface area contributed by atoms with Crippen molar-refractivity contribution >= 4 is 26.0 Å². The van der Waals surface area contributed by atoms with Crippen LogP contribution in [0.1, 0.15) is 16.9 Å². The minimum atomic E-state index is -3.63. The topological polar surface area (TPSA) is 85.3 Å². The van der Waals surface area contributed by atoms with Crippen LogP contribution in [-0.4, -0.2) is 14.5 Å². The number of halogens is 1. The molecular weight excluding hydrogens is 356 g/mol. The Morgan fingerprint density at radius 2 is 1.90 bits per heavy atom. The Hall–Kier alpha value is -1.15. The third-order valence-corrected chi connectivity index (χ3v) is 5.95. The molecule has 5 nitrogen and oxygen atoms in total. The van der Waals surface area contributed by atoms with Crippen molar-refractivity contribution in [3.05, 3.63) is 51.9 Å². The second kappa shape index (κ2) is 5.57. The fraction of sp³-hybridized carbons (Fsp3) is 0.286. The van der Waals surface area contributed by atoms with E-state index in [9.17, 15) is 8.42 Å². The average molecular weight is 371 g/mol. The molecule has 1 aliphatic rings. The number of furan rings is 1. The van der Waals surface area contributed by atoms with E-state index in [1.54, 1.807) is 0 Å². The lowest BCUT2D eigenvalue weighted by Gasteiger charge is -2.11. The van der Waals surface area contributed by atoms with Gasteiger partial charge in [-0.1, -0.05) is 24.3 Å². The van der Waals surface area contributed by atoms with E-state index in [1.165, 1.54) is 17.2 Å². The van der Waals surface area contributed by atoms with Crippen LogP contribution >= 0.6 is 15.9 Å². The van der Waals surface area contributed by atoms with Gasteiger partial charge in [-0.15, -0.1) is 0 Å². The summed E-state index contributed by atoms with van der Waals surface area (Å²) >= 11 is 3.13. The summed E-state index contributed by atoms with van der Waals surface area (Å²) in [5.41, 5.74) is 7.85. The van der Waals surface area contributed by atoms with Gasteiger partial charge in [-0.2, -0.15) is 0 Å². The fourth-order valence-electron chi connectivity index (χ4n) is 2.61. The normalized spacial score (nSPS) is 15.3. The van der Waals surface area contributed by atoms with Crippen molar-refractivity contribution < 1.29 is 12.8 Å². The monoisotopic (exact) mass is 370 g/mol. The van der Waals surface area contributed by atoms with E-state index < -0.39 is 10.0 Å². The Morgan fingerprint density at radius 3 is 2.43 bits per heavy atom. The predicted octanol–water partition coefficient (Wildman–Crippen LogP) is 1.95. The molecule has 1 heterocycles. The maximum absolute atomic E-state index is 12.4. The molecule has 0 bridgehead atoms. The maximum Gasteiger partial charge on any atom is 0.245 e. The standard InChI is InChI=1S/C14H15BrN2O3S/c15-14-13(7-12(8-16)20-14)21(18,19)17-11-5-9-3-1-2-4-10(9)6-11/h1-4,7,11,17H,5-6,8,16H2. The molecule has 1 aromatic heterocycles. The predicted molar refractivity (Wildman–Crippen MR) is 82.3 cm³/mol. The molecule has 3 rings (SSSR count). The first-order valence-corrected chi connectivity index (χ1v) is 8.84. The van der Waals surface area contributed by atoms with E-state index >= 15 is 0 Å². The first-order chi connectivity index (χ1) is 9.99. The highest BCUT2D eigenvalue weighted by Crippen LogP contribution is 2.28. The molecule has 0 saturated heterocycles. The molecule has 112 valence electrons. The van der Waals surface area contributed by atoms with Crippen LogP contribution in [-0.2, 0) is 29.4 Å². The van der Waals surface area contributed by atoms with Crippen molar-refractivity contribution in [3.8, 4) is 0 Å². The van der Waals surface area contributed by atoms with Crippen molar-refractivity contribution in [1.29, 1.82) is 0 Å². The molecule has 0 saturated carbocycles. The molecule has 3 N–H and O–H groups in total. The summed E-state index contributed by atoms with van der Waals surface area (Å²) in [6, 6.07) is 9.32. The number of hydrogen-bond acceptors (Lipinski definition) is 4. The van der Waals surface area contributed by atoms with Gasteiger partial charge in [0.05, 0.1) is 6.54 Å². The van der Waals surface area contributed by atoms with E-state index in [4.69, 9.17) is 10.2 Å². The van der Waals surface area contributed by atoms with Gasteiger partial charge in [-0.3, -0.25) is 0 Å². The van der Waals surface area contributed by atoms with E-state index in [2.05, 4.69) is 20.7 Å². The molecule has 0 fully saturated rings. The molecule has 0 unspecified atom stereocenters. The van der Waals surface area contributed by atoms with Crippen molar-refractivity contribution in [2.24, 2.45) is 5.73 Å². The summed E-state index contributed by atoms with van der Waals surface area (Å²) in [6.07, 6.45) is 1.41. The fourth-order valence-corrected chi connectivity index (χ4v) is 4.84. The largest absolute Gasteiger partial charge is 0.452 e. The molecule has 1 aromatic carbocycles. The van der Waals surface area contributed by atoms with Crippen molar-refractivity contribution in [2.45, 2.75) is 30.3 Å². The van der Waals surface area contributed by atoms with Gasteiger partial charge in [0.15, 0.2) is 4.67 Å². The number of nitrogens with two attached hydrogens (primary N) is 1. The van der Waals surface area contributed by atoms with E-state index in [1.807, 2.05) is 24.3 Å². The Balaban J connectivity index is 1.80. The SMILES string of the molecule is NCc1cc(S(=O)(=O)NC2Cc3ccccc3C2)c(Br)o1. The summed E-state index contributed by atoms with van der Waals surface area (Å²) in [5.74, 6) is 0.428. The van der Waals surface area contributed by atoms with Crippen LogP contribution in [0.2, 0.25) is 0 Å². The van der Waals surface area contributed by atoms with Crippen LogP contribution in [0, 0.1) is 0 Å². The number of benzene rings is 1. The number of sulfonamides is 1. The van der Waals surface area contributed by atoms with E-state index in [0.29, 0.717) is 18.6 Å². The van der Waals surface area contributed by atoms with Gasteiger partial charge >= 0.3 is 0 Å². The zero-order valence-electron chi connectivity index (χ0n) is 11.2. The molecule has 0 radical (unpaired) electrons. The summed E-state index contributed by atoms with van der Waals surface area (Å²) in [7, 11) is -3.63. The van der Waals surface area contributed by atoms with Gasteiger partial charge in [0.1, 0.15) is 10.7 Å². The van der Waals surface area contributed by atoms with Gasteiger partial charge in [0.25, 0.3) is 0 Å². The molecule has 2 aromatic rings. The van der Waals surface area contributed by atoms with Crippen LogP contribution < -0.4 is 10.5 Å². The molecule has 0 atom stereocenters. The third-order valence-electron chi connectivity index (χ3n) is 3.57. The first-order valence-electron chi connectivity index (χ1n) is 6.57. The lowest BCUT2D eigenvalue weighted by molar-refractivity contribution is 0.482. The lowest BCUT2D eigenvalue weighted by atomic mass is 10.1. The van der Waals surface area contributed by atoms with Gasteiger partial charge in [-0.25, -0.2) is 13.1 Å². The molecule has 0 aliphatic heterocycles. The number of nitrogens with one attached hydrogen (secondary N) is 1. The minimum absolute atomic E-state index is 0.0962. The molecule has 1 aliphatic carbocycles. The van der Waals surface area contributed by atoms with Crippen molar-refractivity contribution in [3.63, 3.8) is 0 Å². The molecule has 21 heavy (non-hydrogen) atoms. The van der Waals surface area contributed by atoms with Gasteiger partial charge in [-0.05, 0) is 39.9 Å². The highest BCUT2D eigenvalue weighted by Gasteiger charge is 2.29. The summed E-state index contributed by atoms with van der Waals surface area (Å²) in [4.78, 5) is 0.0962. The van der Waals surface area contributed by atoms with Crippen molar-refractivity contribution in [1.82, 2.24) is 4.72 Å². The summed E-state index contributed by atoms with van der Waals surface area (Å²) < 4.78 is 33.1. The zero-order valence-corrected chi connectivity index (χ0v) is 13.6. The van der Waals surface area contributed by atoms with E-state index in [0.717, 1.165) is 0 Å². The highest BCUT2D eigenvalue weighted by atomic mass is 79.9. The van der Waals surface area contributed by atoms with Crippen LogP contribution in [0.5, 0.6) is 0 Å². The molecule has 7 heteroatoms. The summed E-state index contributed by atoms with van der Waals surface area (Å²) in [6.45, 7) is 0.156. The number of fused-ring (bicyclic) bond motifs is 1. The molecular formula is C14H15BrN2O3S. The first kappa shape index (κ1) is 14.8. The third kappa shape index (κ3) is 2.91. The summed E-state index contributed by atoms with van der Waals surface area (Å²) in [5, 5.41) is 0. The van der Waals surface area contributed by atoms with Gasteiger partial charge in [0, 0.05) is 12.1 Å². The number of hydrogen-bond donors (Lipinski definition) is 2. The van der Waals surface area contributed by atoms with Gasteiger partial charge < -0.3 is 10.2 Å². The van der Waals surface area contributed by atoms with Crippen LogP contribution in [0.3, 0.4) is 0 Å². The van der Waals surface area contributed by atoms with Crippen molar-refractivity contribution in [2.75, 3.05) is 0 Å². The maximum atomic E-state index is 12.4. The Bertz CT molecular complexity index is 745. The van der Waals surface area contributed by atoms with E-state index in [-0.39, 0.29) is 22.2 Å².